The number of carboxylic acid groups (broad SMARTS) is 1. The van der Waals surface area contributed by atoms with E-state index in [-0.39, 0.29) is 27.1 Å². The molecule has 0 spiro atoms. The number of hydrogen-bond acceptors (Lipinski definition) is 2. The maximum atomic E-state index is 13.2. The molecule has 0 aliphatic carbocycles. The number of hydrogen-bond donors (Lipinski definition) is 1. The monoisotopic (exact) mass is 333 g/mol. The van der Waals surface area contributed by atoms with Gasteiger partial charge in [-0.25, -0.2) is 4.39 Å². The van der Waals surface area contributed by atoms with Crippen LogP contribution in [0.15, 0.2) is 24.4 Å². The number of nitrogens with zero attached hydrogens (tertiary/aromatic N) is 1. The van der Waals surface area contributed by atoms with Gasteiger partial charge < -0.3 is 5.11 Å². The molecule has 0 bridgehead atoms. The Bertz CT molecular complexity index is 668. The second kappa shape index (κ2) is 5.95. The Morgan fingerprint density at radius 2 is 1.80 bits per heavy atom. The SMILES string of the molecule is O=C(O)Cc1cc(F)cnc1-c1cc(Cl)c(Cl)c(Cl)c1. The van der Waals surface area contributed by atoms with Crippen LogP contribution in [0.2, 0.25) is 15.1 Å². The van der Waals surface area contributed by atoms with E-state index in [1.165, 1.54) is 12.1 Å². The lowest BCUT2D eigenvalue weighted by molar-refractivity contribution is -0.136. The highest BCUT2D eigenvalue weighted by molar-refractivity contribution is 6.48. The summed E-state index contributed by atoms with van der Waals surface area (Å²) in [6, 6.07) is 4.12. The van der Waals surface area contributed by atoms with Crippen LogP contribution in [-0.2, 0) is 11.2 Å². The minimum Gasteiger partial charge on any atom is -0.481 e. The van der Waals surface area contributed by atoms with Gasteiger partial charge in [0.25, 0.3) is 0 Å². The zero-order valence-electron chi connectivity index (χ0n) is 9.83. The van der Waals surface area contributed by atoms with Gasteiger partial charge in [-0.2, -0.15) is 0 Å². The average molecular weight is 335 g/mol. The molecule has 1 N–H and O–H groups in total. The van der Waals surface area contributed by atoms with Gasteiger partial charge in [0.15, 0.2) is 0 Å². The summed E-state index contributed by atoms with van der Waals surface area (Å²) in [6.45, 7) is 0. The number of halogens is 4. The van der Waals surface area contributed by atoms with Crippen molar-refractivity contribution in [2.75, 3.05) is 0 Å². The average Bonchev–Trinajstić information content (AvgIpc) is 2.35. The molecule has 7 heteroatoms. The Balaban J connectivity index is 2.60. The Kier molecular flexibility index (Phi) is 4.48. The van der Waals surface area contributed by atoms with Crippen LogP contribution in [0.1, 0.15) is 5.56 Å². The van der Waals surface area contributed by atoms with E-state index < -0.39 is 11.8 Å². The molecule has 0 radical (unpaired) electrons. The molecule has 2 rings (SSSR count). The van der Waals surface area contributed by atoms with Gasteiger partial charge in [0, 0.05) is 5.56 Å². The van der Waals surface area contributed by atoms with Crippen LogP contribution in [-0.4, -0.2) is 16.1 Å². The smallest absolute Gasteiger partial charge is 0.307 e. The van der Waals surface area contributed by atoms with Gasteiger partial charge >= 0.3 is 5.97 Å². The standard InChI is InChI=1S/C13H7Cl3FNO2/c14-9-2-7(3-10(15)12(9)16)13-6(4-11(19)20)1-8(17)5-18-13/h1-3,5H,4H2,(H,19,20). The highest BCUT2D eigenvalue weighted by Crippen LogP contribution is 2.35. The maximum absolute atomic E-state index is 13.2. The fourth-order valence-electron chi connectivity index (χ4n) is 1.73. The first-order valence-corrected chi connectivity index (χ1v) is 6.53. The Hall–Kier alpha value is -1.36. The molecule has 0 fully saturated rings. The third kappa shape index (κ3) is 3.20. The summed E-state index contributed by atoms with van der Waals surface area (Å²) < 4.78 is 13.2. The van der Waals surface area contributed by atoms with Gasteiger partial charge in [-0.05, 0) is 23.8 Å². The minimum absolute atomic E-state index is 0.193. The van der Waals surface area contributed by atoms with Crippen molar-refractivity contribution in [3.05, 3.63) is 50.8 Å². The summed E-state index contributed by atoms with van der Waals surface area (Å²) >= 11 is 17.7. The van der Waals surface area contributed by atoms with Crippen molar-refractivity contribution in [3.8, 4) is 11.3 Å². The third-order valence-electron chi connectivity index (χ3n) is 2.53. The van der Waals surface area contributed by atoms with Gasteiger partial charge in [-0.3, -0.25) is 9.78 Å². The molecule has 0 amide bonds. The molecule has 0 saturated carbocycles. The van der Waals surface area contributed by atoms with E-state index in [0.717, 1.165) is 12.3 Å². The summed E-state index contributed by atoms with van der Waals surface area (Å²) in [5.74, 6) is -1.71. The van der Waals surface area contributed by atoms with Crippen LogP contribution in [0.25, 0.3) is 11.3 Å². The van der Waals surface area contributed by atoms with Crippen molar-refractivity contribution in [3.63, 3.8) is 0 Å². The van der Waals surface area contributed by atoms with E-state index >= 15 is 0 Å². The summed E-state index contributed by atoms with van der Waals surface area (Å²) in [7, 11) is 0. The zero-order valence-corrected chi connectivity index (χ0v) is 12.1. The first-order valence-electron chi connectivity index (χ1n) is 5.39. The molecule has 1 aromatic heterocycles. The van der Waals surface area contributed by atoms with Crippen LogP contribution >= 0.6 is 34.8 Å². The first kappa shape index (κ1) is 15.0. The molecule has 2 aromatic rings. The van der Waals surface area contributed by atoms with Crippen molar-refractivity contribution in [2.24, 2.45) is 0 Å². The van der Waals surface area contributed by atoms with Crippen molar-refractivity contribution in [1.29, 1.82) is 0 Å². The van der Waals surface area contributed by atoms with Gasteiger partial charge in [-0.1, -0.05) is 34.8 Å². The van der Waals surface area contributed by atoms with Crippen molar-refractivity contribution >= 4 is 40.8 Å². The van der Waals surface area contributed by atoms with Crippen molar-refractivity contribution in [1.82, 2.24) is 4.98 Å². The molecule has 0 saturated heterocycles. The topological polar surface area (TPSA) is 50.2 Å². The highest BCUT2D eigenvalue weighted by atomic mass is 35.5. The molecular formula is C13H7Cl3FNO2. The van der Waals surface area contributed by atoms with Crippen molar-refractivity contribution < 1.29 is 14.3 Å². The van der Waals surface area contributed by atoms with Crippen LogP contribution < -0.4 is 0 Å². The third-order valence-corrected chi connectivity index (χ3v) is 3.73. The van der Waals surface area contributed by atoms with E-state index in [1.54, 1.807) is 0 Å². The number of aliphatic carboxylic acids is 1. The lowest BCUT2D eigenvalue weighted by Crippen LogP contribution is -2.04. The van der Waals surface area contributed by atoms with Gasteiger partial charge in [0.2, 0.25) is 0 Å². The van der Waals surface area contributed by atoms with E-state index in [4.69, 9.17) is 39.9 Å². The largest absolute Gasteiger partial charge is 0.481 e. The summed E-state index contributed by atoms with van der Waals surface area (Å²) in [6.07, 6.45) is 0.634. The molecule has 0 aliphatic heterocycles. The Morgan fingerprint density at radius 1 is 1.20 bits per heavy atom. The number of benzene rings is 1. The van der Waals surface area contributed by atoms with E-state index in [1.807, 2.05) is 0 Å². The fourth-order valence-corrected chi connectivity index (χ4v) is 2.33. The quantitative estimate of drug-likeness (QED) is 0.842. The second-order valence-corrected chi connectivity index (χ2v) is 5.18. The van der Waals surface area contributed by atoms with E-state index in [0.29, 0.717) is 11.3 Å². The van der Waals surface area contributed by atoms with E-state index in [2.05, 4.69) is 4.98 Å². The molecular weight excluding hydrogens is 328 g/mol. The normalized spacial score (nSPS) is 10.6. The first-order chi connectivity index (χ1) is 9.38. The molecule has 1 aromatic carbocycles. The van der Waals surface area contributed by atoms with Crippen LogP contribution in [0.3, 0.4) is 0 Å². The van der Waals surface area contributed by atoms with Gasteiger partial charge in [-0.15, -0.1) is 0 Å². The van der Waals surface area contributed by atoms with Crippen LogP contribution in [0, 0.1) is 5.82 Å². The van der Waals surface area contributed by atoms with Crippen molar-refractivity contribution in [2.45, 2.75) is 6.42 Å². The summed E-state index contributed by atoms with van der Waals surface area (Å²) in [5, 5.41) is 9.47. The molecule has 104 valence electrons. The number of carbonyl (C=O) groups is 1. The predicted molar refractivity (Wildman–Crippen MR) is 76.0 cm³/mol. The van der Waals surface area contributed by atoms with Crippen LogP contribution in [0.5, 0.6) is 0 Å². The number of pyridine rings is 1. The minimum atomic E-state index is -1.09. The van der Waals surface area contributed by atoms with Gasteiger partial charge in [0.05, 0.1) is 33.4 Å². The number of carboxylic acids is 1. The summed E-state index contributed by atoms with van der Waals surface area (Å²) in [5.41, 5.74) is 1.00. The fraction of sp³-hybridized carbons (Fsp3) is 0.0769. The Labute approximate surface area is 128 Å². The molecule has 0 aliphatic rings. The zero-order chi connectivity index (χ0) is 14.9. The molecule has 0 unspecified atom stereocenters. The molecule has 20 heavy (non-hydrogen) atoms. The number of aromatic nitrogens is 1. The summed E-state index contributed by atoms with van der Waals surface area (Å²) in [4.78, 5) is 14.7. The maximum Gasteiger partial charge on any atom is 0.307 e. The Morgan fingerprint density at radius 3 is 2.35 bits per heavy atom. The van der Waals surface area contributed by atoms with Crippen LogP contribution in [0.4, 0.5) is 4.39 Å². The molecule has 1 heterocycles. The number of rotatable bonds is 3. The highest BCUT2D eigenvalue weighted by Gasteiger charge is 2.14. The lowest BCUT2D eigenvalue weighted by atomic mass is 10.0. The van der Waals surface area contributed by atoms with Gasteiger partial charge in [0.1, 0.15) is 5.82 Å². The van der Waals surface area contributed by atoms with E-state index in [9.17, 15) is 9.18 Å². The second-order valence-electron chi connectivity index (χ2n) is 3.99. The predicted octanol–water partition coefficient (Wildman–Crippen LogP) is 4.48. The lowest BCUT2D eigenvalue weighted by Gasteiger charge is -2.09. The molecule has 0 atom stereocenters. The molecule has 3 nitrogen and oxygen atoms in total.